The van der Waals surface area contributed by atoms with Gasteiger partial charge in [-0.15, -0.1) is 0 Å². The van der Waals surface area contributed by atoms with Gasteiger partial charge in [-0.05, 0) is 30.5 Å². The summed E-state index contributed by atoms with van der Waals surface area (Å²) in [6.45, 7) is 6.64. The molecule has 0 saturated heterocycles. The molecule has 0 spiro atoms. The van der Waals surface area contributed by atoms with Crippen molar-refractivity contribution in [3.05, 3.63) is 65.7 Å². The van der Waals surface area contributed by atoms with Crippen molar-refractivity contribution in [1.82, 2.24) is 0 Å². The van der Waals surface area contributed by atoms with E-state index in [0.717, 1.165) is 17.0 Å². The molecule has 0 aliphatic rings. The van der Waals surface area contributed by atoms with Crippen molar-refractivity contribution in [3.8, 4) is 11.5 Å². The first-order valence-electron chi connectivity index (χ1n) is 8.48. The fourth-order valence-corrected chi connectivity index (χ4v) is 3.58. The van der Waals surface area contributed by atoms with Gasteiger partial charge in [0.1, 0.15) is 12.6 Å². The second-order valence-corrected chi connectivity index (χ2v) is 6.77. The summed E-state index contributed by atoms with van der Waals surface area (Å²) < 4.78 is 8.47. The van der Waals surface area contributed by atoms with E-state index in [-0.39, 0.29) is 0 Å². The van der Waals surface area contributed by atoms with E-state index in [2.05, 4.69) is 74.9 Å². The van der Waals surface area contributed by atoms with E-state index < -0.39 is 0 Å². The predicted octanol–water partition coefficient (Wildman–Crippen LogP) is 5.51. The van der Waals surface area contributed by atoms with Crippen molar-refractivity contribution in [2.45, 2.75) is 26.7 Å². The molecule has 0 N–H and O–H groups in total. The number of hydrogen-bond donors (Lipinski definition) is 0. The summed E-state index contributed by atoms with van der Waals surface area (Å²) in [5, 5.41) is 2.50. The zero-order valence-electron chi connectivity index (χ0n) is 14.6. The Balaban J connectivity index is 2.09. The Morgan fingerprint density at radius 3 is 2.29 bits per heavy atom. The van der Waals surface area contributed by atoms with E-state index in [1.54, 1.807) is 0 Å². The van der Waals surface area contributed by atoms with Crippen LogP contribution in [0, 0.1) is 6.92 Å². The summed E-state index contributed by atoms with van der Waals surface area (Å²) in [4.78, 5) is 0. The highest BCUT2D eigenvalue weighted by Gasteiger charge is 2.24. The third-order valence-electron chi connectivity index (χ3n) is 4.93. The van der Waals surface area contributed by atoms with E-state index in [1.165, 1.54) is 27.4 Å². The number of nitrogens with zero attached hydrogens (tertiary/aromatic N) is 1. The number of benzene rings is 2. The smallest absolute Gasteiger partial charge is 0.249 e. The third-order valence-corrected chi connectivity index (χ3v) is 4.93. The van der Waals surface area contributed by atoms with Gasteiger partial charge in [0.25, 0.3) is 0 Å². The van der Waals surface area contributed by atoms with Crippen molar-refractivity contribution in [2.75, 3.05) is 0 Å². The van der Waals surface area contributed by atoms with Crippen molar-refractivity contribution in [3.63, 3.8) is 0 Å². The van der Waals surface area contributed by atoms with Crippen LogP contribution in [-0.4, -0.2) is 0 Å². The Morgan fingerprint density at radius 2 is 1.58 bits per heavy atom. The number of fused-ring (bicyclic) bond motifs is 2. The minimum absolute atomic E-state index is 0.458. The number of pyridine rings is 1. The van der Waals surface area contributed by atoms with Gasteiger partial charge in [-0.25, -0.2) is 0 Å². The normalized spacial score (nSPS) is 11.7. The number of hydrogen-bond acceptors (Lipinski definition) is 1. The largest absolute Gasteiger partial charge is 0.449 e. The lowest BCUT2D eigenvalue weighted by atomic mass is 9.96. The van der Waals surface area contributed by atoms with Crippen LogP contribution in [-0.2, 0) is 7.05 Å². The predicted molar refractivity (Wildman–Crippen MR) is 99.2 cm³/mol. The highest BCUT2D eigenvalue weighted by Crippen LogP contribution is 2.34. The van der Waals surface area contributed by atoms with Crippen LogP contribution in [0.15, 0.2) is 59.0 Å². The van der Waals surface area contributed by atoms with Crippen molar-refractivity contribution >= 4 is 21.9 Å². The molecule has 4 rings (SSSR count). The standard InChI is InChI=1S/C22H22NO/c1-14(2)18-13-20(23(4)19-11-7-5-10-17(18)19)22-15(3)16-9-6-8-12-21(16)24-22/h5-14H,1-4H3/q+1. The molecule has 120 valence electrons. The van der Waals surface area contributed by atoms with Crippen LogP contribution >= 0.6 is 0 Å². The molecule has 2 aromatic heterocycles. The van der Waals surface area contributed by atoms with Crippen molar-refractivity contribution < 1.29 is 8.98 Å². The summed E-state index contributed by atoms with van der Waals surface area (Å²) in [6.07, 6.45) is 0. The molecule has 0 unspecified atom stereocenters. The Labute approximate surface area is 142 Å². The van der Waals surface area contributed by atoms with E-state index in [0.29, 0.717) is 5.92 Å². The molecule has 4 aromatic rings. The van der Waals surface area contributed by atoms with Gasteiger partial charge >= 0.3 is 0 Å². The molecule has 0 atom stereocenters. The molecule has 0 fully saturated rings. The first kappa shape index (κ1) is 14.9. The highest BCUT2D eigenvalue weighted by molar-refractivity contribution is 5.88. The minimum atomic E-state index is 0.458. The number of aryl methyl sites for hydroxylation is 2. The molecule has 0 bridgehead atoms. The lowest BCUT2D eigenvalue weighted by Gasteiger charge is -2.11. The van der Waals surface area contributed by atoms with Gasteiger partial charge in [0.15, 0.2) is 0 Å². The first-order chi connectivity index (χ1) is 11.6. The van der Waals surface area contributed by atoms with Crippen LogP contribution in [0.4, 0.5) is 0 Å². The Hall–Kier alpha value is -2.61. The number of para-hydroxylation sites is 2. The molecule has 0 saturated carbocycles. The average Bonchev–Trinajstić information content (AvgIpc) is 2.92. The van der Waals surface area contributed by atoms with E-state index >= 15 is 0 Å². The van der Waals surface area contributed by atoms with E-state index in [1.807, 2.05) is 12.1 Å². The SMILES string of the molecule is Cc1c(-c2cc(C(C)C)c3ccccc3[n+]2C)oc2ccccc12. The lowest BCUT2D eigenvalue weighted by Crippen LogP contribution is -2.32. The maximum absolute atomic E-state index is 6.23. The maximum atomic E-state index is 6.23. The van der Waals surface area contributed by atoms with Gasteiger partial charge in [-0.2, -0.15) is 4.57 Å². The van der Waals surface area contributed by atoms with Crippen LogP contribution in [0.1, 0.15) is 30.9 Å². The minimum Gasteiger partial charge on any atom is -0.449 e. The van der Waals surface area contributed by atoms with Crippen LogP contribution in [0.5, 0.6) is 0 Å². The van der Waals surface area contributed by atoms with Crippen molar-refractivity contribution in [1.29, 1.82) is 0 Å². The lowest BCUT2D eigenvalue weighted by molar-refractivity contribution is -0.634. The topological polar surface area (TPSA) is 17.0 Å². The number of aromatic nitrogens is 1. The Morgan fingerprint density at radius 1 is 0.917 bits per heavy atom. The average molecular weight is 316 g/mol. The monoisotopic (exact) mass is 316 g/mol. The van der Waals surface area contributed by atoms with Crippen LogP contribution in [0.25, 0.3) is 33.3 Å². The van der Waals surface area contributed by atoms with Gasteiger partial charge < -0.3 is 4.42 Å². The molecule has 2 heteroatoms. The molecule has 2 aromatic carbocycles. The fraction of sp³-hybridized carbons (Fsp3) is 0.227. The van der Waals surface area contributed by atoms with E-state index in [9.17, 15) is 0 Å². The second kappa shape index (κ2) is 5.48. The van der Waals surface area contributed by atoms with Crippen molar-refractivity contribution in [2.24, 2.45) is 7.05 Å². The van der Waals surface area contributed by atoms with Crippen LogP contribution in [0.2, 0.25) is 0 Å². The van der Waals surface area contributed by atoms with E-state index in [4.69, 9.17) is 4.42 Å². The second-order valence-electron chi connectivity index (χ2n) is 6.77. The highest BCUT2D eigenvalue weighted by atomic mass is 16.3. The number of rotatable bonds is 2. The number of furan rings is 1. The molecule has 0 amide bonds. The van der Waals surface area contributed by atoms with Gasteiger partial charge in [-0.1, -0.05) is 44.2 Å². The Bertz CT molecular complexity index is 1060. The molecule has 24 heavy (non-hydrogen) atoms. The molecule has 2 heterocycles. The summed E-state index contributed by atoms with van der Waals surface area (Å²) >= 11 is 0. The quantitative estimate of drug-likeness (QED) is 0.446. The first-order valence-corrected chi connectivity index (χ1v) is 8.48. The molecule has 0 radical (unpaired) electrons. The molecule has 0 aliphatic carbocycles. The van der Waals surface area contributed by atoms with Crippen LogP contribution in [0.3, 0.4) is 0 Å². The maximum Gasteiger partial charge on any atom is 0.249 e. The molecule has 0 aliphatic heterocycles. The molecule has 2 nitrogen and oxygen atoms in total. The Kier molecular flexibility index (Phi) is 3.42. The van der Waals surface area contributed by atoms with Gasteiger partial charge in [0, 0.05) is 28.5 Å². The third kappa shape index (κ3) is 2.14. The van der Waals surface area contributed by atoms with Gasteiger partial charge in [0.05, 0.1) is 0 Å². The summed E-state index contributed by atoms with van der Waals surface area (Å²) in [5.74, 6) is 1.42. The molecular formula is C22H22NO+. The summed E-state index contributed by atoms with van der Waals surface area (Å²) in [5.41, 5.74) is 5.87. The zero-order valence-corrected chi connectivity index (χ0v) is 14.6. The molecular weight excluding hydrogens is 294 g/mol. The van der Waals surface area contributed by atoms with Gasteiger partial charge in [0.2, 0.25) is 17.0 Å². The summed E-state index contributed by atoms with van der Waals surface area (Å²) in [7, 11) is 2.12. The van der Waals surface area contributed by atoms with Crippen LogP contribution < -0.4 is 4.57 Å². The zero-order chi connectivity index (χ0) is 16.8. The van der Waals surface area contributed by atoms with Gasteiger partial charge in [-0.3, -0.25) is 0 Å². The summed E-state index contributed by atoms with van der Waals surface area (Å²) in [6, 6.07) is 19.1. The fourth-order valence-electron chi connectivity index (χ4n) is 3.58.